The van der Waals surface area contributed by atoms with Gasteiger partial charge in [0.25, 0.3) is 0 Å². The summed E-state index contributed by atoms with van der Waals surface area (Å²) in [6, 6.07) is 5.30. The summed E-state index contributed by atoms with van der Waals surface area (Å²) in [7, 11) is 1.04. The maximum absolute atomic E-state index is 11.2. The van der Waals surface area contributed by atoms with Gasteiger partial charge in [0, 0.05) is 5.56 Å². The Kier molecular flexibility index (Phi) is 3.45. The van der Waals surface area contributed by atoms with Gasteiger partial charge in [-0.15, -0.1) is 0 Å². The Morgan fingerprint density at radius 3 is 2.21 bits per heavy atom. The molecule has 1 heterocycles. The lowest BCUT2D eigenvalue weighted by Gasteiger charge is -2.32. The van der Waals surface area contributed by atoms with Gasteiger partial charge < -0.3 is 14.0 Å². The van der Waals surface area contributed by atoms with E-state index in [0.717, 1.165) is 11.7 Å². The third kappa shape index (κ3) is 2.40. The summed E-state index contributed by atoms with van der Waals surface area (Å²) >= 11 is 0. The second kappa shape index (κ2) is 4.65. The number of hydrogen-bond acceptors (Lipinski definition) is 4. The van der Waals surface area contributed by atoms with Crippen LogP contribution in [0, 0.1) is 0 Å². The van der Waals surface area contributed by atoms with Crippen LogP contribution >= 0.6 is 0 Å². The number of ether oxygens (including phenoxy) is 1. The monoisotopic (exact) mass is 262 g/mol. The van der Waals surface area contributed by atoms with Crippen LogP contribution in [0.3, 0.4) is 0 Å². The molecule has 5 heteroatoms. The zero-order chi connectivity index (χ0) is 14.3. The third-order valence-corrected chi connectivity index (χ3v) is 3.93. The van der Waals surface area contributed by atoms with E-state index < -0.39 is 18.3 Å². The summed E-state index contributed by atoms with van der Waals surface area (Å²) in [6.07, 6.45) is 0.795. The molecule has 0 spiro atoms. The molecule has 0 radical (unpaired) electrons. The summed E-state index contributed by atoms with van der Waals surface area (Å²) in [6.45, 7) is 7.93. The number of rotatable bonds is 3. The lowest BCUT2D eigenvalue weighted by atomic mass is 9.76. The molecule has 0 atom stereocenters. The van der Waals surface area contributed by atoms with Crippen LogP contribution in [0.15, 0.2) is 18.2 Å². The zero-order valence-electron chi connectivity index (χ0n) is 12.0. The van der Waals surface area contributed by atoms with Gasteiger partial charge in [-0.25, -0.2) is 0 Å². The molecule has 0 saturated carbocycles. The standard InChI is InChI=1S/C14H19BO4/c1-13(2)14(3,4)19-15(18-13)12-7-6-11(17-5)8-10(12)9-16/h6-9H,1-5H3. The Hall–Kier alpha value is -1.33. The number of benzene rings is 1. The minimum absolute atomic E-state index is 0.419. The predicted octanol–water partition coefficient (Wildman–Crippen LogP) is 1.81. The highest BCUT2D eigenvalue weighted by Crippen LogP contribution is 2.36. The zero-order valence-corrected chi connectivity index (χ0v) is 12.0. The maximum atomic E-state index is 11.2. The van der Waals surface area contributed by atoms with Gasteiger partial charge in [0.1, 0.15) is 12.0 Å². The predicted molar refractivity (Wildman–Crippen MR) is 74.1 cm³/mol. The smallest absolute Gasteiger partial charge is 0.495 e. The maximum Gasteiger partial charge on any atom is 0.495 e. The molecule has 1 aromatic carbocycles. The molecular weight excluding hydrogens is 243 g/mol. The van der Waals surface area contributed by atoms with E-state index in [9.17, 15) is 4.79 Å². The molecule has 2 rings (SSSR count). The fraction of sp³-hybridized carbons (Fsp3) is 0.500. The van der Waals surface area contributed by atoms with Crippen LogP contribution in [0.1, 0.15) is 38.1 Å². The van der Waals surface area contributed by atoms with Gasteiger partial charge >= 0.3 is 7.12 Å². The van der Waals surface area contributed by atoms with Crippen molar-refractivity contribution in [3.8, 4) is 5.75 Å². The molecule has 0 N–H and O–H groups in total. The third-order valence-electron chi connectivity index (χ3n) is 3.93. The minimum atomic E-state index is -0.531. The van der Waals surface area contributed by atoms with Crippen molar-refractivity contribution >= 4 is 18.9 Å². The van der Waals surface area contributed by atoms with Crippen molar-refractivity contribution in [2.75, 3.05) is 7.11 Å². The van der Waals surface area contributed by atoms with Crippen LogP contribution < -0.4 is 10.2 Å². The van der Waals surface area contributed by atoms with E-state index in [4.69, 9.17) is 14.0 Å². The summed E-state index contributed by atoms with van der Waals surface area (Å²) in [4.78, 5) is 11.2. The number of carbonyl (C=O) groups excluding carboxylic acids is 1. The Morgan fingerprint density at radius 2 is 1.74 bits per heavy atom. The second-order valence-electron chi connectivity index (χ2n) is 5.70. The SMILES string of the molecule is COc1ccc(B2OC(C)(C)C(C)(C)O2)c(C=O)c1. The average molecular weight is 262 g/mol. The number of methoxy groups -OCH3 is 1. The van der Waals surface area contributed by atoms with E-state index in [1.807, 2.05) is 33.8 Å². The summed E-state index contributed by atoms with van der Waals surface area (Å²) in [5.74, 6) is 0.641. The molecule has 19 heavy (non-hydrogen) atoms. The fourth-order valence-corrected chi connectivity index (χ4v) is 1.97. The van der Waals surface area contributed by atoms with E-state index in [1.54, 1.807) is 19.2 Å². The number of hydrogen-bond donors (Lipinski definition) is 0. The molecule has 1 saturated heterocycles. The topological polar surface area (TPSA) is 44.8 Å². The van der Waals surface area contributed by atoms with Crippen molar-refractivity contribution in [1.82, 2.24) is 0 Å². The summed E-state index contributed by atoms with van der Waals surface area (Å²) < 4.78 is 17.0. The molecule has 0 aliphatic carbocycles. The van der Waals surface area contributed by atoms with E-state index >= 15 is 0 Å². The first kappa shape index (κ1) is 14.1. The molecule has 1 aliphatic rings. The Morgan fingerprint density at radius 1 is 1.16 bits per heavy atom. The van der Waals surface area contributed by atoms with Crippen LogP contribution in [-0.4, -0.2) is 31.7 Å². The second-order valence-corrected chi connectivity index (χ2v) is 5.70. The highest BCUT2D eigenvalue weighted by Gasteiger charge is 2.52. The van der Waals surface area contributed by atoms with Crippen molar-refractivity contribution in [3.63, 3.8) is 0 Å². The normalized spacial score (nSPS) is 20.4. The van der Waals surface area contributed by atoms with Gasteiger partial charge in [-0.2, -0.15) is 0 Å². The van der Waals surface area contributed by atoms with Gasteiger partial charge in [-0.3, -0.25) is 4.79 Å². The Labute approximate surface area is 114 Å². The highest BCUT2D eigenvalue weighted by molar-refractivity contribution is 6.63. The molecule has 0 aromatic heterocycles. The van der Waals surface area contributed by atoms with Gasteiger partial charge in [0.2, 0.25) is 0 Å². The lowest BCUT2D eigenvalue weighted by Crippen LogP contribution is -2.41. The Balaban J connectivity index is 2.37. The van der Waals surface area contributed by atoms with E-state index in [2.05, 4.69) is 0 Å². The summed E-state index contributed by atoms with van der Waals surface area (Å²) in [5, 5.41) is 0. The van der Waals surface area contributed by atoms with Gasteiger partial charge in [-0.05, 0) is 45.3 Å². The summed E-state index contributed by atoms with van der Waals surface area (Å²) in [5.41, 5.74) is 0.419. The number of carbonyl (C=O) groups is 1. The van der Waals surface area contributed by atoms with Crippen LogP contribution in [-0.2, 0) is 9.31 Å². The van der Waals surface area contributed by atoms with E-state index in [1.165, 1.54) is 0 Å². The first-order valence-electron chi connectivity index (χ1n) is 6.29. The highest BCUT2D eigenvalue weighted by atomic mass is 16.7. The Bertz CT molecular complexity index is 480. The molecule has 1 fully saturated rings. The molecule has 4 nitrogen and oxygen atoms in total. The molecular formula is C14H19BO4. The van der Waals surface area contributed by atoms with Crippen molar-refractivity contribution in [2.45, 2.75) is 38.9 Å². The van der Waals surface area contributed by atoms with Gasteiger partial charge in [-0.1, -0.05) is 6.07 Å². The van der Waals surface area contributed by atoms with Crippen LogP contribution in [0.4, 0.5) is 0 Å². The first-order chi connectivity index (χ1) is 8.80. The molecule has 1 aromatic rings. The molecule has 0 unspecified atom stereocenters. The van der Waals surface area contributed by atoms with Crippen molar-refractivity contribution in [1.29, 1.82) is 0 Å². The van der Waals surface area contributed by atoms with Crippen LogP contribution in [0.5, 0.6) is 5.75 Å². The molecule has 1 aliphatic heterocycles. The van der Waals surface area contributed by atoms with Gasteiger partial charge in [0.05, 0.1) is 18.3 Å². The largest absolute Gasteiger partial charge is 0.497 e. The fourth-order valence-electron chi connectivity index (χ4n) is 1.97. The average Bonchev–Trinajstić information content (AvgIpc) is 2.57. The quantitative estimate of drug-likeness (QED) is 0.615. The van der Waals surface area contributed by atoms with Crippen molar-refractivity contribution in [3.05, 3.63) is 23.8 Å². The molecule has 102 valence electrons. The van der Waals surface area contributed by atoms with Gasteiger partial charge in [0.15, 0.2) is 0 Å². The van der Waals surface area contributed by atoms with E-state index in [0.29, 0.717) is 11.3 Å². The van der Waals surface area contributed by atoms with E-state index in [-0.39, 0.29) is 0 Å². The first-order valence-corrected chi connectivity index (χ1v) is 6.29. The van der Waals surface area contributed by atoms with Crippen LogP contribution in [0.2, 0.25) is 0 Å². The number of aldehydes is 1. The van der Waals surface area contributed by atoms with Crippen molar-refractivity contribution in [2.24, 2.45) is 0 Å². The molecule has 0 bridgehead atoms. The minimum Gasteiger partial charge on any atom is -0.497 e. The van der Waals surface area contributed by atoms with Crippen molar-refractivity contribution < 1.29 is 18.8 Å². The van der Waals surface area contributed by atoms with Crippen LogP contribution in [0.25, 0.3) is 0 Å². The lowest BCUT2D eigenvalue weighted by molar-refractivity contribution is 0.00578. The molecule has 0 amide bonds.